The molecule has 0 saturated heterocycles. The van der Waals surface area contributed by atoms with Crippen molar-refractivity contribution in [2.45, 2.75) is 18.8 Å². The van der Waals surface area contributed by atoms with E-state index in [1.165, 1.54) is 12.8 Å². The molecule has 1 aliphatic carbocycles. The molecule has 86 valence electrons. The summed E-state index contributed by atoms with van der Waals surface area (Å²) in [6, 6.07) is 8.68. The molecule has 0 spiro atoms. The second kappa shape index (κ2) is 3.73. The molecule has 1 aromatic heterocycles. The van der Waals surface area contributed by atoms with Gasteiger partial charge in [-0.1, -0.05) is 0 Å². The van der Waals surface area contributed by atoms with Crippen LogP contribution in [0.4, 0.5) is 5.82 Å². The zero-order valence-electron chi connectivity index (χ0n) is 9.30. The normalized spacial score (nSPS) is 14.8. The summed E-state index contributed by atoms with van der Waals surface area (Å²) in [5, 5.41) is 9.25. The van der Waals surface area contributed by atoms with Crippen molar-refractivity contribution < 1.29 is 5.11 Å². The topological polar surface area (TPSA) is 72.0 Å². The van der Waals surface area contributed by atoms with Crippen LogP contribution in [0.3, 0.4) is 0 Å². The first-order chi connectivity index (χ1) is 8.22. The average molecular weight is 227 g/mol. The van der Waals surface area contributed by atoms with Crippen LogP contribution in [-0.4, -0.2) is 15.1 Å². The fraction of sp³-hybridized carbons (Fsp3) is 0.231. The zero-order chi connectivity index (χ0) is 11.8. The van der Waals surface area contributed by atoms with Crippen molar-refractivity contribution >= 4 is 5.82 Å². The van der Waals surface area contributed by atoms with Gasteiger partial charge in [-0.25, -0.2) is 9.97 Å². The van der Waals surface area contributed by atoms with Crippen LogP contribution >= 0.6 is 0 Å². The van der Waals surface area contributed by atoms with E-state index in [1.54, 1.807) is 24.3 Å². The number of hydrogen-bond acceptors (Lipinski definition) is 4. The fourth-order valence-corrected chi connectivity index (χ4v) is 1.81. The average Bonchev–Trinajstić information content (AvgIpc) is 3.13. The molecule has 17 heavy (non-hydrogen) atoms. The molecule has 1 saturated carbocycles. The third-order valence-corrected chi connectivity index (χ3v) is 2.89. The summed E-state index contributed by atoms with van der Waals surface area (Å²) >= 11 is 0. The lowest BCUT2D eigenvalue weighted by atomic mass is 10.2. The van der Waals surface area contributed by atoms with E-state index < -0.39 is 0 Å². The molecule has 1 fully saturated rings. The van der Waals surface area contributed by atoms with Crippen molar-refractivity contribution in [2.24, 2.45) is 0 Å². The molecule has 0 unspecified atom stereocenters. The van der Waals surface area contributed by atoms with Crippen LogP contribution < -0.4 is 5.73 Å². The predicted molar refractivity (Wildman–Crippen MR) is 65.5 cm³/mol. The van der Waals surface area contributed by atoms with Gasteiger partial charge in [-0.2, -0.15) is 0 Å². The minimum absolute atomic E-state index is 0.236. The predicted octanol–water partition coefficient (Wildman–Crippen LogP) is 2.31. The zero-order valence-corrected chi connectivity index (χ0v) is 9.30. The van der Waals surface area contributed by atoms with E-state index in [0.717, 1.165) is 11.3 Å². The number of anilines is 1. The molecule has 1 aliphatic rings. The lowest BCUT2D eigenvalue weighted by molar-refractivity contribution is 0.475. The van der Waals surface area contributed by atoms with Gasteiger partial charge in [0.2, 0.25) is 0 Å². The van der Waals surface area contributed by atoms with Crippen LogP contribution in [0, 0.1) is 0 Å². The van der Waals surface area contributed by atoms with Crippen LogP contribution in [-0.2, 0) is 0 Å². The Labute approximate surface area is 99.2 Å². The Morgan fingerprint density at radius 1 is 1.12 bits per heavy atom. The maximum absolute atomic E-state index is 9.25. The van der Waals surface area contributed by atoms with Crippen LogP contribution in [0.2, 0.25) is 0 Å². The Kier molecular flexibility index (Phi) is 2.21. The maximum Gasteiger partial charge on any atom is 0.161 e. The smallest absolute Gasteiger partial charge is 0.161 e. The lowest BCUT2D eigenvalue weighted by Crippen LogP contribution is -1.99. The number of hydrogen-bond donors (Lipinski definition) is 2. The van der Waals surface area contributed by atoms with Gasteiger partial charge in [0.1, 0.15) is 11.6 Å². The lowest BCUT2D eigenvalue weighted by Gasteiger charge is -2.05. The van der Waals surface area contributed by atoms with E-state index in [2.05, 4.69) is 9.97 Å². The molecule has 1 heterocycles. The SMILES string of the molecule is Nc1cc(C2CC2)nc(-c2ccc(O)cc2)n1. The van der Waals surface area contributed by atoms with Crippen molar-refractivity contribution in [3.05, 3.63) is 36.0 Å². The molecule has 0 aliphatic heterocycles. The van der Waals surface area contributed by atoms with Crippen LogP contribution in [0.1, 0.15) is 24.5 Å². The Bertz CT molecular complexity index is 547. The maximum atomic E-state index is 9.25. The highest BCUT2D eigenvalue weighted by Gasteiger charge is 2.26. The van der Waals surface area contributed by atoms with Gasteiger partial charge in [-0.05, 0) is 37.1 Å². The minimum atomic E-state index is 0.236. The van der Waals surface area contributed by atoms with E-state index in [9.17, 15) is 5.11 Å². The molecule has 0 amide bonds. The third kappa shape index (κ3) is 2.06. The summed E-state index contributed by atoms with van der Waals surface area (Å²) in [5.74, 6) is 1.92. The molecule has 4 nitrogen and oxygen atoms in total. The standard InChI is InChI=1S/C13H13N3O/c14-12-7-11(8-1-2-8)15-13(16-12)9-3-5-10(17)6-4-9/h3-8,17H,1-2H2,(H2,14,15,16). The highest BCUT2D eigenvalue weighted by molar-refractivity contribution is 5.58. The Morgan fingerprint density at radius 3 is 2.47 bits per heavy atom. The minimum Gasteiger partial charge on any atom is -0.508 e. The van der Waals surface area contributed by atoms with Crippen molar-refractivity contribution in [3.8, 4) is 17.1 Å². The molecule has 0 atom stereocenters. The molecule has 2 aromatic rings. The molecule has 4 heteroatoms. The fourth-order valence-electron chi connectivity index (χ4n) is 1.81. The molecule has 3 N–H and O–H groups in total. The second-order valence-electron chi connectivity index (χ2n) is 4.36. The van der Waals surface area contributed by atoms with Gasteiger partial charge in [-0.3, -0.25) is 0 Å². The van der Waals surface area contributed by atoms with Gasteiger partial charge < -0.3 is 10.8 Å². The first-order valence-electron chi connectivity index (χ1n) is 5.66. The number of phenolic OH excluding ortho intramolecular Hbond substituents is 1. The van der Waals surface area contributed by atoms with Crippen molar-refractivity contribution in [1.82, 2.24) is 9.97 Å². The second-order valence-corrected chi connectivity index (χ2v) is 4.36. The number of aromatic hydroxyl groups is 1. The highest BCUT2D eigenvalue weighted by Crippen LogP contribution is 2.39. The summed E-state index contributed by atoms with van der Waals surface area (Å²) in [5.41, 5.74) is 7.69. The van der Waals surface area contributed by atoms with Gasteiger partial charge in [0.05, 0.1) is 0 Å². The molecule has 3 rings (SSSR count). The van der Waals surface area contributed by atoms with Gasteiger partial charge in [0.15, 0.2) is 5.82 Å². The third-order valence-electron chi connectivity index (χ3n) is 2.89. The van der Waals surface area contributed by atoms with Crippen LogP contribution in [0.15, 0.2) is 30.3 Å². The van der Waals surface area contributed by atoms with E-state index >= 15 is 0 Å². The van der Waals surface area contributed by atoms with Crippen molar-refractivity contribution in [3.63, 3.8) is 0 Å². The largest absolute Gasteiger partial charge is 0.508 e. The monoisotopic (exact) mass is 227 g/mol. The van der Waals surface area contributed by atoms with Crippen molar-refractivity contribution in [2.75, 3.05) is 5.73 Å². The Morgan fingerprint density at radius 2 is 1.82 bits per heavy atom. The number of nitrogen functional groups attached to an aromatic ring is 1. The number of benzene rings is 1. The van der Waals surface area contributed by atoms with Crippen LogP contribution in [0.25, 0.3) is 11.4 Å². The summed E-state index contributed by atoms with van der Waals surface area (Å²) in [6.07, 6.45) is 2.37. The highest BCUT2D eigenvalue weighted by atomic mass is 16.3. The molecule has 0 bridgehead atoms. The van der Waals surface area contributed by atoms with Gasteiger partial charge in [-0.15, -0.1) is 0 Å². The van der Waals surface area contributed by atoms with Gasteiger partial charge >= 0.3 is 0 Å². The Hall–Kier alpha value is -2.10. The molecule has 0 radical (unpaired) electrons. The van der Waals surface area contributed by atoms with E-state index in [4.69, 9.17) is 5.73 Å². The number of nitrogens with two attached hydrogens (primary N) is 1. The number of rotatable bonds is 2. The summed E-state index contributed by atoms with van der Waals surface area (Å²) in [7, 11) is 0. The quantitative estimate of drug-likeness (QED) is 0.825. The summed E-state index contributed by atoms with van der Waals surface area (Å²) < 4.78 is 0. The first kappa shape index (κ1) is 10.1. The number of aromatic nitrogens is 2. The number of nitrogens with zero attached hydrogens (tertiary/aromatic N) is 2. The summed E-state index contributed by atoms with van der Waals surface area (Å²) in [6.45, 7) is 0. The number of phenols is 1. The van der Waals surface area contributed by atoms with Crippen LogP contribution in [0.5, 0.6) is 5.75 Å². The van der Waals surface area contributed by atoms with Crippen molar-refractivity contribution in [1.29, 1.82) is 0 Å². The summed E-state index contributed by atoms with van der Waals surface area (Å²) in [4.78, 5) is 8.75. The van der Waals surface area contributed by atoms with Gasteiger partial charge in [0, 0.05) is 23.2 Å². The molecular formula is C13H13N3O. The van der Waals surface area contributed by atoms with E-state index in [0.29, 0.717) is 17.6 Å². The van der Waals surface area contributed by atoms with E-state index in [1.807, 2.05) is 6.07 Å². The first-order valence-corrected chi connectivity index (χ1v) is 5.66. The Balaban J connectivity index is 2.04. The molecular weight excluding hydrogens is 214 g/mol. The van der Waals surface area contributed by atoms with E-state index in [-0.39, 0.29) is 5.75 Å². The van der Waals surface area contributed by atoms with Gasteiger partial charge in [0.25, 0.3) is 0 Å². The molecule has 1 aromatic carbocycles.